The van der Waals surface area contributed by atoms with Gasteiger partial charge in [-0.1, -0.05) is 54.7 Å². The highest BCUT2D eigenvalue weighted by atomic mass is 15.1. The van der Waals surface area contributed by atoms with Crippen LogP contribution in [0, 0.1) is 0 Å². The molecule has 30 heavy (non-hydrogen) atoms. The summed E-state index contributed by atoms with van der Waals surface area (Å²) in [5, 5.41) is 0. The van der Waals surface area contributed by atoms with Gasteiger partial charge in [-0.25, -0.2) is 0 Å². The Morgan fingerprint density at radius 2 is 0.867 bits per heavy atom. The molecule has 0 atom stereocenters. The summed E-state index contributed by atoms with van der Waals surface area (Å²) < 4.78 is 0. The molecule has 0 aliphatic heterocycles. The van der Waals surface area contributed by atoms with Gasteiger partial charge >= 0.3 is 0 Å². The van der Waals surface area contributed by atoms with Gasteiger partial charge in [-0.05, 0) is 16.7 Å². The van der Waals surface area contributed by atoms with Crippen LogP contribution in [0.25, 0.3) is 0 Å². The summed E-state index contributed by atoms with van der Waals surface area (Å²) in [5.41, 5.74) is 3.97. The van der Waals surface area contributed by atoms with E-state index in [1.807, 2.05) is 36.5 Å². The van der Waals surface area contributed by atoms with Crippen LogP contribution in [0.4, 0.5) is 0 Å². The summed E-state index contributed by atoms with van der Waals surface area (Å²) in [7, 11) is 0. The summed E-state index contributed by atoms with van der Waals surface area (Å²) in [5.74, 6) is 0. The zero-order valence-corrected chi connectivity index (χ0v) is 18.6. The number of nitrogens with zero attached hydrogens (tertiary/aromatic N) is 3. The maximum atomic E-state index is 3.91. The van der Waals surface area contributed by atoms with E-state index in [1.165, 1.54) is 16.7 Å². The first kappa shape index (κ1) is 25.6. The van der Waals surface area contributed by atoms with E-state index in [1.54, 1.807) is 0 Å². The van der Waals surface area contributed by atoms with Gasteiger partial charge in [-0.15, -0.1) is 39.5 Å². The fourth-order valence-corrected chi connectivity index (χ4v) is 3.53. The van der Waals surface area contributed by atoms with E-state index >= 15 is 0 Å². The number of hydrogen-bond acceptors (Lipinski definition) is 3. The lowest BCUT2D eigenvalue weighted by Crippen LogP contribution is -2.27. The van der Waals surface area contributed by atoms with E-state index in [2.05, 4.69) is 72.4 Å². The average molecular weight is 406 g/mol. The lowest BCUT2D eigenvalue weighted by molar-refractivity contribution is 0.308. The number of hydrogen-bond donors (Lipinski definition) is 0. The van der Waals surface area contributed by atoms with Crippen molar-refractivity contribution < 1.29 is 0 Å². The molecule has 3 heteroatoms. The van der Waals surface area contributed by atoms with Crippen molar-refractivity contribution in [1.82, 2.24) is 14.7 Å². The van der Waals surface area contributed by atoms with Crippen LogP contribution in [0.15, 0.2) is 94.1 Å². The molecule has 1 aromatic carbocycles. The molecule has 0 saturated carbocycles. The second-order valence-corrected chi connectivity index (χ2v) is 7.42. The van der Waals surface area contributed by atoms with Crippen molar-refractivity contribution >= 4 is 0 Å². The first-order valence-electron chi connectivity index (χ1n) is 10.5. The minimum atomic E-state index is 0.831. The van der Waals surface area contributed by atoms with Crippen molar-refractivity contribution in [3.8, 4) is 0 Å². The third-order valence-electron chi connectivity index (χ3n) is 4.79. The number of rotatable bonds is 18. The van der Waals surface area contributed by atoms with Gasteiger partial charge in [0.05, 0.1) is 0 Å². The second-order valence-electron chi connectivity index (χ2n) is 7.42. The molecule has 0 heterocycles. The topological polar surface area (TPSA) is 9.72 Å². The third kappa shape index (κ3) is 9.36. The van der Waals surface area contributed by atoms with Gasteiger partial charge in [-0.2, -0.15) is 0 Å². The van der Waals surface area contributed by atoms with Gasteiger partial charge in [0, 0.05) is 58.9 Å². The van der Waals surface area contributed by atoms with Crippen LogP contribution < -0.4 is 0 Å². The second kappa shape index (κ2) is 15.4. The zero-order valence-electron chi connectivity index (χ0n) is 18.6. The fraction of sp³-hybridized carbons (Fsp3) is 0.333. The normalized spacial score (nSPS) is 10.9. The minimum Gasteiger partial charge on any atom is -0.292 e. The van der Waals surface area contributed by atoms with Gasteiger partial charge in [0.2, 0.25) is 0 Å². The molecule has 0 aliphatic rings. The van der Waals surface area contributed by atoms with Gasteiger partial charge in [0.25, 0.3) is 0 Å². The lowest BCUT2D eigenvalue weighted by atomic mass is 10.0. The molecule has 0 aromatic heterocycles. The van der Waals surface area contributed by atoms with Crippen LogP contribution in [-0.4, -0.2) is 54.0 Å². The summed E-state index contributed by atoms with van der Waals surface area (Å²) in [6.07, 6.45) is 11.7. The highest BCUT2D eigenvalue weighted by molar-refractivity contribution is 5.32. The molecule has 0 amide bonds. The monoisotopic (exact) mass is 405 g/mol. The summed E-state index contributed by atoms with van der Waals surface area (Å²) in [6.45, 7) is 31.0. The van der Waals surface area contributed by atoms with E-state index in [-0.39, 0.29) is 0 Å². The summed E-state index contributed by atoms with van der Waals surface area (Å²) >= 11 is 0. The standard InChI is InChI=1S/C27H39N3/c1-7-15-28(16-8-2)22-25-13-14-26(23-29(17-9-3)18-10-4)27(21-25)24-30(19-11-5)20-12-6/h7-14,21H,1-6,15-20,22-24H2. The lowest BCUT2D eigenvalue weighted by Gasteiger charge is -2.25. The van der Waals surface area contributed by atoms with Gasteiger partial charge in [0.15, 0.2) is 0 Å². The van der Waals surface area contributed by atoms with Gasteiger partial charge < -0.3 is 0 Å². The molecular formula is C27H39N3. The molecular weight excluding hydrogens is 366 g/mol. The van der Waals surface area contributed by atoms with E-state index in [0.29, 0.717) is 0 Å². The summed E-state index contributed by atoms with van der Waals surface area (Å²) in [4.78, 5) is 7.01. The third-order valence-corrected chi connectivity index (χ3v) is 4.79. The Morgan fingerprint density at radius 3 is 1.27 bits per heavy atom. The van der Waals surface area contributed by atoms with Gasteiger partial charge in [-0.3, -0.25) is 14.7 Å². The van der Waals surface area contributed by atoms with Crippen molar-refractivity contribution in [3.05, 3.63) is 111 Å². The maximum absolute atomic E-state index is 3.91. The Morgan fingerprint density at radius 1 is 0.500 bits per heavy atom. The van der Waals surface area contributed by atoms with Crippen molar-refractivity contribution in [2.24, 2.45) is 0 Å². The molecule has 0 spiro atoms. The average Bonchev–Trinajstić information content (AvgIpc) is 2.71. The molecule has 0 unspecified atom stereocenters. The first-order valence-corrected chi connectivity index (χ1v) is 10.5. The first-order chi connectivity index (χ1) is 14.6. The highest BCUT2D eigenvalue weighted by Gasteiger charge is 2.13. The molecule has 0 fully saturated rings. The largest absolute Gasteiger partial charge is 0.292 e. The molecule has 1 aromatic rings. The van der Waals surface area contributed by atoms with Crippen LogP contribution >= 0.6 is 0 Å². The Hall–Kier alpha value is -2.46. The predicted molar refractivity (Wildman–Crippen MR) is 133 cm³/mol. The summed E-state index contributed by atoms with van der Waals surface area (Å²) in [6, 6.07) is 6.85. The number of benzene rings is 1. The van der Waals surface area contributed by atoms with E-state index < -0.39 is 0 Å². The highest BCUT2D eigenvalue weighted by Crippen LogP contribution is 2.19. The molecule has 162 valence electrons. The fourth-order valence-electron chi connectivity index (χ4n) is 3.53. The molecule has 0 N–H and O–H groups in total. The van der Waals surface area contributed by atoms with Crippen molar-refractivity contribution in [2.75, 3.05) is 39.3 Å². The van der Waals surface area contributed by atoms with E-state index in [0.717, 1.165) is 58.9 Å². The van der Waals surface area contributed by atoms with Crippen LogP contribution in [0.3, 0.4) is 0 Å². The Bertz CT molecular complexity index is 674. The van der Waals surface area contributed by atoms with E-state index in [4.69, 9.17) is 0 Å². The van der Waals surface area contributed by atoms with Crippen LogP contribution in [-0.2, 0) is 19.6 Å². The van der Waals surface area contributed by atoms with E-state index in [9.17, 15) is 0 Å². The molecule has 0 bridgehead atoms. The zero-order chi connectivity index (χ0) is 22.2. The molecule has 1 rings (SSSR count). The maximum Gasteiger partial charge on any atom is 0.0243 e. The Balaban J connectivity index is 3.20. The van der Waals surface area contributed by atoms with Crippen LogP contribution in [0.2, 0.25) is 0 Å². The quantitative estimate of drug-likeness (QED) is 0.311. The predicted octanol–water partition coefficient (Wildman–Crippen LogP) is 5.21. The smallest absolute Gasteiger partial charge is 0.0243 e. The SMILES string of the molecule is C=CCN(CC=C)Cc1ccc(CN(CC=C)CC=C)c(CN(CC=C)CC=C)c1. The molecule has 0 aliphatic carbocycles. The Kier molecular flexibility index (Phi) is 13.1. The van der Waals surface area contributed by atoms with Gasteiger partial charge in [0.1, 0.15) is 0 Å². The minimum absolute atomic E-state index is 0.831. The van der Waals surface area contributed by atoms with Crippen molar-refractivity contribution in [1.29, 1.82) is 0 Å². The molecule has 3 nitrogen and oxygen atoms in total. The molecule has 0 radical (unpaired) electrons. The van der Waals surface area contributed by atoms with Crippen molar-refractivity contribution in [3.63, 3.8) is 0 Å². The van der Waals surface area contributed by atoms with Crippen molar-refractivity contribution in [2.45, 2.75) is 19.6 Å². The van der Waals surface area contributed by atoms with Crippen LogP contribution in [0.1, 0.15) is 16.7 Å². The molecule has 0 saturated heterocycles. The Labute approximate surface area is 184 Å². The van der Waals surface area contributed by atoms with Crippen LogP contribution in [0.5, 0.6) is 0 Å².